The van der Waals surface area contributed by atoms with E-state index < -0.39 is 12.2 Å². The average molecular weight is 425 g/mol. The molecule has 1 saturated heterocycles. The summed E-state index contributed by atoms with van der Waals surface area (Å²) in [7, 11) is 0. The minimum absolute atomic E-state index is 0.0544. The van der Waals surface area contributed by atoms with Gasteiger partial charge in [0.15, 0.2) is 6.04 Å². The quantitative estimate of drug-likeness (QED) is 0.785. The molecular formula is C20H26F3N5O2. The highest BCUT2D eigenvalue weighted by Crippen LogP contribution is 2.42. The Morgan fingerprint density at radius 2 is 2.13 bits per heavy atom. The van der Waals surface area contributed by atoms with Crippen LogP contribution in [0.5, 0.6) is 0 Å². The number of likely N-dealkylation sites (tertiary alicyclic amines) is 1. The van der Waals surface area contributed by atoms with Crippen molar-refractivity contribution in [2.45, 2.75) is 77.2 Å². The van der Waals surface area contributed by atoms with Crippen molar-refractivity contribution in [1.29, 1.82) is 0 Å². The Labute approximate surface area is 172 Å². The second-order valence-corrected chi connectivity index (χ2v) is 8.02. The van der Waals surface area contributed by atoms with Gasteiger partial charge < -0.3 is 14.7 Å². The number of aryl methyl sites for hydroxylation is 2. The predicted octanol–water partition coefficient (Wildman–Crippen LogP) is 4.42. The van der Waals surface area contributed by atoms with Gasteiger partial charge in [0.25, 0.3) is 5.91 Å². The zero-order chi connectivity index (χ0) is 21.6. The number of nitrogens with zero attached hydrogens (tertiary/aromatic N) is 4. The predicted molar refractivity (Wildman–Crippen MR) is 103 cm³/mol. The van der Waals surface area contributed by atoms with Crippen molar-refractivity contribution in [2.75, 3.05) is 11.9 Å². The van der Waals surface area contributed by atoms with Gasteiger partial charge in [-0.2, -0.15) is 18.3 Å². The molecule has 0 saturated carbocycles. The number of carbonyl (C=O) groups is 1. The first-order chi connectivity index (χ1) is 14.2. The Kier molecular flexibility index (Phi) is 5.27. The number of aromatic nitrogens is 3. The number of halogens is 3. The molecule has 1 unspecified atom stereocenters. The van der Waals surface area contributed by atoms with E-state index in [0.29, 0.717) is 54.3 Å². The standard InChI is InChI=1S/C20H26F3N5O2/c1-4-12-9-16(20(21,22)23)28-17(24-12)10-13(25-28)14-7-6-8-27(14)19(29)18-11(3)26-30-15(18)5-2/h10,12,14,16,24H,4-9H2,1-3H3/t12-,14?,16-/m1/s1. The van der Waals surface area contributed by atoms with Crippen LogP contribution in [0.1, 0.15) is 79.1 Å². The van der Waals surface area contributed by atoms with E-state index in [9.17, 15) is 18.0 Å². The molecule has 0 radical (unpaired) electrons. The van der Waals surface area contributed by atoms with Gasteiger partial charge in [-0.25, -0.2) is 4.68 Å². The molecule has 30 heavy (non-hydrogen) atoms. The molecule has 10 heteroatoms. The van der Waals surface area contributed by atoms with Gasteiger partial charge in [-0.05, 0) is 32.6 Å². The fourth-order valence-corrected chi connectivity index (χ4v) is 4.49. The van der Waals surface area contributed by atoms with Gasteiger partial charge in [0.05, 0.1) is 17.4 Å². The van der Waals surface area contributed by atoms with Gasteiger partial charge in [-0.3, -0.25) is 4.79 Å². The number of fused-ring (bicyclic) bond motifs is 1. The first-order valence-corrected chi connectivity index (χ1v) is 10.4. The second kappa shape index (κ2) is 7.63. The topological polar surface area (TPSA) is 76.2 Å². The van der Waals surface area contributed by atoms with E-state index in [2.05, 4.69) is 15.6 Å². The van der Waals surface area contributed by atoms with E-state index in [1.807, 2.05) is 13.8 Å². The molecule has 3 atom stereocenters. The maximum Gasteiger partial charge on any atom is 0.410 e. The van der Waals surface area contributed by atoms with Crippen molar-refractivity contribution in [3.05, 3.63) is 28.8 Å². The molecule has 0 spiro atoms. The smallest absolute Gasteiger partial charge is 0.367 e. The van der Waals surface area contributed by atoms with Crippen LogP contribution in [0.2, 0.25) is 0 Å². The number of rotatable bonds is 4. The highest BCUT2D eigenvalue weighted by Gasteiger charge is 2.46. The third-order valence-electron chi connectivity index (χ3n) is 6.10. The summed E-state index contributed by atoms with van der Waals surface area (Å²) >= 11 is 0. The second-order valence-electron chi connectivity index (χ2n) is 8.02. The normalized spacial score (nSPS) is 24.1. The number of alkyl halides is 3. The van der Waals surface area contributed by atoms with Crippen molar-refractivity contribution in [3.8, 4) is 0 Å². The van der Waals surface area contributed by atoms with Crippen LogP contribution in [0.15, 0.2) is 10.6 Å². The average Bonchev–Trinajstić information content (AvgIpc) is 3.42. The molecule has 2 aromatic heterocycles. The minimum Gasteiger partial charge on any atom is -0.367 e. The Hall–Kier alpha value is -2.52. The molecule has 7 nitrogen and oxygen atoms in total. The number of nitrogens with one attached hydrogen (secondary N) is 1. The Bertz CT molecular complexity index is 936. The zero-order valence-electron chi connectivity index (χ0n) is 17.3. The lowest BCUT2D eigenvalue weighted by Crippen LogP contribution is -2.39. The molecule has 164 valence electrons. The van der Waals surface area contributed by atoms with Crippen LogP contribution in [0.25, 0.3) is 0 Å². The molecule has 1 fully saturated rings. The van der Waals surface area contributed by atoms with Crippen molar-refractivity contribution in [2.24, 2.45) is 0 Å². The summed E-state index contributed by atoms with van der Waals surface area (Å²) in [5.41, 5.74) is 1.46. The van der Waals surface area contributed by atoms with Crippen LogP contribution in [0.3, 0.4) is 0 Å². The third kappa shape index (κ3) is 3.45. The van der Waals surface area contributed by atoms with Gasteiger partial charge in [0.1, 0.15) is 17.1 Å². The molecule has 2 aromatic rings. The van der Waals surface area contributed by atoms with Crippen LogP contribution in [-0.2, 0) is 6.42 Å². The van der Waals surface area contributed by atoms with Crippen molar-refractivity contribution in [3.63, 3.8) is 0 Å². The number of carbonyl (C=O) groups excluding carboxylic acids is 1. The molecule has 2 aliphatic heterocycles. The molecule has 1 N–H and O–H groups in total. The largest absolute Gasteiger partial charge is 0.410 e. The number of amides is 1. The monoisotopic (exact) mass is 425 g/mol. The van der Waals surface area contributed by atoms with Crippen molar-refractivity contribution < 1.29 is 22.5 Å². The number of hydrogen-bond acceptors (Lipinski definition) is 5. The van der Waals surface area contributed by atoms with Gasteiger partial charge in [-0.1, -0.05) is 19.0 Å². The van der Waals surface area contributed by atoms with E-state index in [4.69, 9.17) is 4.52 Å². The summed E-state index contributed by atoms with van der Waals surface area (Å²) < 4.78 is 47.3. The Morgan fingerprint density at radius 3 is 2.80 bits per heavy atom. The van der Waals surface area contributed by atoms with Gasteiger partial charge in [0, 0.05) is 25.1 Å². The van der Waals surface area contributed by atoms with Crippen molar-refractivity contribution in [1.82, 2.24) is 19.8 Å². The van der Waals surface area contributed by atoms with Gasteiger partial charge in [-0.15, -0.1) is 0 Å². The van der Waals surface area contributed by atoms with E-state index >= 15 is 0 Å². The highest BCUT2D eigenvalue weighted by atomic mass is 19.4. The summed E-state index contributed by atoms with van der Waals surface area (Å²) in [4.78, 5) is 14.9. The zero-order valence-corrected chi connectivity index (χ0v) is 17.3. The molecular weight excluding hydrogens is 399 g/mol. The lowest BCUT2D eigenvalue weighted by Gasteiger charge is -2.32. The van der Waals surface area contributed by atoms with Crippen molar-refractivity contribution >= 4 is 11.7 Å². The lowest BCUT2D eigenvalue weighted by atomic mass is 10.0. The summed E-state index contributed by atoms with van der Waals surface area (Å²) in [5, 5.41) is 11.4. The molecule has 2 aliphatic rings. The summed E-state index contributed by atoms with van der Waals surface area (Å²) in [6.07, 6.45) is -1.89. The fraction of sp³-hybridized carbons (Fsp3) is 0.650. The van der Waals surface area contributed by atoms with Crippen LogP contribution in [0, 0.1) is 6.92 Å². The van der Waals surface area contributed by atoms with Crippen LogP contribution >= 0.6 is 0 Å². The van der Waals surface area contributed by atoms with Crippen LogP contribution in [0.4, 0.5) is 19.0 Å². The number of hydrogen-bond donors (Lipinski definition) is 1. The SMILES string of the molecule is CCc1onc(C)c1C(=O)N1CCCC1c1cc2n(n1)[C@@H](C(F)(F)F)C[C@@H](CC)N2. The first-order valence-electron chi connectivity index (χ1n) is 10.4. The summed E-state index contributed by atoms with van der Waals surface area (Å²) in [5.74, 6) is 0.683. The molecule has 1 amide bonds. The summed E-state index contributed by atoms with van der Waals surface area (Å²) in [6.45, 7) is 5.99. The van der Waals surface area contributed by atoms with Crippen LogP contribution in [-0.4, -0.2) is 44.5 Å². The fourth-order valence-electron chi connectivity index (χ4n) is 4.49. The van der Waals surface area contributed by atoms with Crippen LogP contribution < -0.4 is 5.32 Å². The Morgan fingerprint density at radius 1 is 1.37 bits per heavy atom. The minimum atomic E-state index is -4.38. The maximum absolute atomic E-state index is 13.7. The molecule has 0 aromatic carbocycles. The highest BCUT2D eigenvalue weighted by molar-refractivity contribution is 5.96. The van der Waals surface area contributed by atoms with Gasteiger partial charge >= 0.3 is 6.18 Å². The Balaban J connectivity index is 1.67. The third-order valence-corrected chi connectivity index (χ3v) is 6.10. The molecule has 4 rings (SSSR count). The van der Waals surface area contributed by atoms with E-state index in [1.165, 1.54) is 0 Å². The summed E-state index contributed by atoms with van der Waals surface area (Å²) in [6, 6.07) is -0.630. The first kappa shape index (κ1) is 20.7. The molecule has 4 heterocycles. The van der Waals surface area contributed by atoms with E-state index in [-0.39, 0.29) is 24.4 Å². The molecule has 0 aliphatic carbocycles. The molecule has 0 bridgehead atoms. The lowest BCUT2D eigenvalue weighted by molar-refractivity contribution is -0.173. The van der Waals surface area contributed by atoms with Gasteiger partial charge in [0.2, 0.25) is 0 Å². The maximum atomic E-state index is 13.7. The van der Waals surface area contributed by atoms with E-state index in [1.54, 1.807) is 17.9 Å². The van der Waals surface area contributed by atoms with E-state index in [0.717, 1.165) is 11.1 Å². The number of anilines is 1.